The largest absolute Gasteiger partial charge is 0.388 e. The van der Waals surface area contributed by atoms with Crippen molar-refractivity contribution >= 4 is 10.8 Å². The molecular formula is C18H21NO. The summed E-state index contributed by atoms with van der Waals surface area (Å²) in [5.41, 5.74) is 0.699. The third-order valence-corrected chi connectivity index (χ3v) is 5.20. The molecule has 2 N–H and O–H groups in total. The van der Waals surface area contributed by atoms with Crippen molar-refractivity contribution in [1.82, 2.24) is 5.32 Å². The molecule has 0 spiro atoms. The van der Waals surface area contributed by atoms with E-state index in [4.69, 9.17) is 0 Å². The quantitative estimate of drug-likeness (QED) is 0.877. The zero-order valence-electron chi connectivity index (χ0n) is 11.7. The number of nitrogens with one attached hydrogen (secondary N) is 1. The van der Waals surface area contributed by atoms with Gasteiger partial charge in [-0.25, -0.2) is 0 Å². The molecule has 1 saturated heterocycles. The van der Waals surface area contributed by atoms with Crippen molar-refractivity contribution in [3.8, 4) is 0 Å². The van der Waals surface area contributed by atoms with Crippen LogP contribution in [0.3, 0.4) is 0 Å². The summed E-state index contributed by atoms with van der Waals surface area (Å²) in [5, 5.41) is 17.1. The van der Waals surface area contributed by atoms with Crippen LogP contribution in [0.2, 0.25) is 0 Å². The molecule has 20 heavy (non-hydrogen) atoms. The Labute approximate surface area is 119 Å². The standard InChI is InChI=1S/C18H21NO/c20-18(9-7-15-8-10-19-17(15)18)12-13-5-6-14-3-1-2-4-16(14)11-13/h1-6,11,15,17,19-20H,7-10,12H2/t15-,17+,18+/m1/s1. The van der Waals surface area contributed by atoms with E-state index in [1.807, 2.05) is 0 Å². The van der Waals surface area contributed by atoms with Crippen LogP contribution in [0.1, 0.15) is 24.8 Å². The lowest BCUT2D eigenvalue weighted by atomic mass is 9.87. The van der Waals surface area contributed by atoms with Gasteiger partial charge >= 0.3 is 0 Å². The maximum atomic E-state index is 11.0. The first kappa shape index (κ1) is 12.4. The van der Waals surface area contributed by atoms with Crippen molar-refractivity contribution in [1.29, 1.82) is 0 Å². The van der Waals surface area contributed by atoms with Crippen molar-refractivity contribution in [2.24, 2.45) is 5.92 Å². The molecule has 2 fully saturated rings. The van der Waals surface area contributed by atoms with Crippen LogP contribution in [0.25, 0.3) is 10.8 Å². The van der Waals surface area contributed by atoms with Crippen LogP contribution in [0.15, 0.2) is 42.5 Å². The third kappa shape index (κ3) is 1.95. The second-order valence-electron chi connectivity index (χ2n) is 6.48. The summed E-state index contributed by atoms with van der Waals surface area (Å²) >= 11 is 0. The van der Waals surface area contributed by atoms with E-state index in [1.54, 1.807) is 0 Å². The molecule has 2 aliphatic rings. The van der Waals surface area contributed by atoms with Crippen LogP contribution in [0.4, 0.5) is 0 Å². The van der Waals surface area contributed by atoms with Gasteiger partial charge in [0.15, 0.2) is 0 Å². The topological polar surface area (TPSA) is 32.3 Å². The maximum absolute atomic E-state index is 11.0. The van der Waals surface area contributed by atoms with Gasteiger partial charge in [0.2, 0.25) is 0 Å². The van der Waals surface area contributed by atoms with Crippen LogP contribution >= 0.6 is 0 Å². The summed E-state index contributed by atoms with van der Waals surface area (Å²) in [6.07, 6.45) is 4.10. The molecule has 4 rings (SSSR count). The average Bonchev–Trinajstić information content (AvgIpc) is 3.04. The first-order chi connectivity index (χ1) is 9.74. The Morgan fingerprint density at radius 3 is 2.85 bits per heavy atom. The molecule has 0 aromatic heterocycles. The van der Waals surface area contributed by atoms with Gasteiger partial charge in [-0.05, 0) is 48.1 Å². The van der Waals surface area contributed by atoms with Gasteiger partial charge in [-0.15, -0.1) is 0 Å². The van der Waals surface area contributed by atoms with Crippen LogP contribution in [0, 0.1) is 5.92 Å². The smallest absolute Gasteiger partial charge is 0.0842 e. The van der Waals surface area contributed by atoms with Crippen molar-refractivity contribution in [2.75, 3.05) is 6.54 Å². The van der Waals surface area contributed by atoms with Crippen LogP contribution in [-0.4, -0.2) is 23.3 Å². The van der Waals surface area contributed by atoms with E-state index < -0.39 is 5.60 Å². The number of hydrogen-bond acceptors (Lipinski definition) is 2. The highest BCUT2D eigenvalue weighted by Gasteiger charge is 2.48. The van der Waals surface area contributed by atoms with Crippen molar-refractivity contribution in [3.05, 3.63) is 48.0 Å². The van der Waals surface area contributed by atoms with Gasteiger partial charge < -0.3 is 10.4 Å². The molecule has 1 aliphatic heterocycles. The number of rotatable bonds is 2. The lowest BCUT2D eigenvalue weighted by Gasteiger charge is -2.30. The molecule has 2 nitrogen and oxygen atoms in total. The molecular weight excluding hydrogens is 246 g/mol. The predicted octanol–water partition coefficient (Wildman–Crippen LogP) is 2.89. The molecule has 0 unspecified atom stereocenters. The number of benzene rings is 2. The Morgan fingerprint density at radius 2 is 1.95 bits per heavy atom. The summed E-state index contributed by atoms with van der Waals surface area (Å²) < 4.78 is 0. The molecule has 3 atom stereocenters. The number of fused-ring (bicyclic) bond motifs is 2. The van der Waals surface area contributed by atoms with Gasteiger partial charge in [0, 0.05) is 12.5 Å². The average molecular weight is 267 g/mol. The molecule has 1 heterocycles. The Morgan fingerprint density at radius 1 is 1.10 bits per heavy atom. The van der Waals surface area contributed by atoms with E-state index in [2.05, 4.69) is 47.8 Å². The molecule has 1 aliphatic carbocycles. The normalized spacial score (nSPS) is 32.6. The predicted molar refractivity (Wildman–Crippen MR) is 81.7 cm³/mol. The Kier molecular flexibility index (Phi) is 2.83. The Bertz CT molecular complexity index is 638. The monoisotopic (exact) mass is 267 g/mol. The summed E-state index contributed by atoms with van der Waals surface area (Å²) in [6, 6.07) is 15.3. The van der Waals surface area contributed by atoms with Gasteiger partial charge in [0.1, 0.15) is 0 Å². The first-order valence-corrected chi connectivity index (χ1v) is 7.68. The Balaban J connectivity index is 1.63. The maximum Gasteiger partial charge on any atom is 0.0842 e. The first-order valence-electron chi connectivity index (χ1n) is 7.68. The van der Waals surface area contributed by atoms with Crippen LogP contribution < -0.4 is 5.32 Å². The van der Waals surface area contributed by atoms with Gasteiger partial charge in [0.05, 0.1) is 5.60 Å². The van der Waals surface area contributed by atoms with E-state index in [0.717, 1.165) is 19.4 Å². The van der Waals surface area contributed by atoms with E-state index in [-0.39, 0.29) is 0 Å². The van der Waals surface area contributed by atoms with Gasteiger partial charge in [-0.1, -0.05) is 42.5 Å². The fourth-order valence-electron chi connectivity index (χ4n) is 4.19. The molecule has 0 amide bonds. The minimum Gasteiger partial charge on any atom is -0.388 e. The van der Waals surface area contributed by atoms with Gasteiger partial charge in [-0.3, -0.25) is 0 Å². The number of aliphatic hydroxyl groups is 1. The molecule has 0 bridgehead atoms. The molecule has 2 aromatic carbocycles. The van der Waals surface area contributed by atoms with Gasteiger partial charge in [0.25, 0.3) is 0 Å². The summed E-state index contributed by atoms with van der Waals surface area (Å²) in [5.74, 6) is 0.681. The van der Waals surface area contributed by atoms with E-state index in [0.29, 0.717) is 12.0 Å². The number of hydrogen-bond donors (Lipinski definition) is 2. The SMILES string of the molecule is O[C@]1(Cc2ccc3ccccc3c2)CC[C@@H]2CCN[C@@H]21. The lowest BCUT2D eigenvalue weighted by Crippen LogP contribution is -2.47. The third-order valence-electron chi connectivity index (χ3n) is 5.20. The zero-order valence-corrected chi connectivity index (χ0v) is 11.7. The second-order valence-corrected chi connectivity index (χ2v) is 6.48. The Hall–Kier alpha value is -1.38. The van der Waals surface area contributed by atoms with Crippen LogP contribution in [0.5, 0.6) is 0 Å². The fraction of sp³-hybridized carbons (Fsp3) is 0.444. The van der Waals surface area contributed by atoms with Crippen LogP contribution in [-0.2, 0) is 6.42 Å². The minimum atomic E-state index is -0.552. The van der Waals surface area contributed by atoms with E-state index >= 15 is 0 Å². The zero-order chi connectivity index (χ0) is 13.6. The minimum absolute atomic E-state index is 0.300. The van der Waals surface area contributed by atoms with Crippen molar-refractivity contribution in [2.45, 2.75) is 37.3 Å². The molecule has 2 aromatic rings. The fourth-order valence-corrected chi connectivity index (χ4v) is 4.19. The highest BCUT2D eigenvalue weighted by Crippen LogP contribution is 2.41. The molecule has 1 saturated carbocycles. The van der Waals surface area contributed by atoms with E-state index in [9.17, 15) is 5.11 Å². The molecule has 2 heteroatoms. The highest BCUT2D eigenvalue weighted by molar-refractivity contribution is 5.83. The lowest BCUT2D eigenvalue weighted by molar-refractivity contribution is 0.0214. The van der Waals surface area contributed by atoms with E-state index in [1.165, 1.54) is 29.2 Å². The summed E-state index contributed by atoms with van der Waals surface area (Å²) in [6.45, 7) is 1.06. The second kappa shape index (κ2) is 4.57. The van der Waals surface area contributed by atoms with Crippen molar-refractivity contribution in [3.63, 3.8) is 0 Å². The van der Waals surface area contributed by atoms with Gasteiger partial charge in [-0.2, -0.15) is 0 Å². The molecule has 0 radical (unpaired) electrons. The summed E-state index contributed by atoms with van der Waals surface area (Å²) in [7, 11) is 0. The van der Waals surface area contributed by atoms with Crippen molar-refractivity contribution < 1.29 is 5.11 Å². The summed E-state index contributed by atoms with van der Waals surface area (Å²) in [4.78, 5) is 0. The molecule has 104 valence electrons. The highest BCUT2D eigenvalue weighted by atomic mass is 16.3.